The Morgan fingerprint density at radius 3 is 2.04 bits per heavy atom. The molecule has 0 aliphatic carbocycles. The highest BCUT2D eigenvalue weighted by molar-refractivity contribution is 5.39. The second-order valence-electron chi connectivity index (χ2n) is 8.32. The van der Waals surface area contributed by atoms with E-state index in [1.165, 1.54) is 13.8 Å². The lowest BCUT2D eigenvalue weighted by atomic mass is 9.72. The van der Waals surface area contributed by atoms with E-state index >= 15 is 0 Å². The third-order valence-electron chi connectivity index (χ3n) is 5.09. The van der Waals surface area contributed by atoms with Crippen LogP contribution in [0.3, 0.4) is 0 Å². The van der Waals surface area contributed by atoms with Crippen LogP contribution in [0.25, 0.3) is 0 Å². The SMILES string of the molecule is CC(C)c1ccc(CC(O)(CC(C)(C)c2cc(F)ccc2O)C(F)(F)F)cc1. The van der Waals surface area contributed by atoms with Gasteiger partial charge in [0.2, 0.25) is 0 Å². The van der Waals surface area contributed by atoms with Gasteiger partial charge in [-0.15, -0.1) is 0 Å². The smallest absolute Gasteiger partial charge is 0.417 e. The molecule has 1 atom stereocenters. The molecule has 154 valence electrons. The highest BCUT2D eigenvalue weighted by Gasteiger charge is 2.56. The quantitative estimate of drug-likeness (QED) is 0.599. The van der Waals surface area contributed by atoms with Crippen LogP contribution in [-0.4, -0.2) is 22.0 Å². The van der Waals surface area contributed by atoms with Crippen LogP contribution in [0.1, 0.15) is 56.7 Å². The topological polar surface area (TPSA) is 40.5 Å². The van der Waals surface area contributed by atoms with Gasteiger partial charge in [0.15, 0.2) is 5.60 Å². The molecule has 0 aliphatic heterocycles. The molecule has 0 fully saturated rings. The molecule has 0 aromatic heterocycles. The monoisotopic (exact) mass is 398 g/mol. The number of aliphatic hydroxyl groups is 1. The summed E-state index contributed by atoms with van der Waals surface area (Å²) in [7, 11) is 0. The lowest BCUT2D eigenvalue weighted by Crippen LogP contribution is -2.50. The zero-order valence-electron chi connectivity index (χ0n) is 16.4. The molecular formula is C22H26F4O2. The Balaban J connectivity index is 2.38. The van der Waals surface area contributed by atoms with Crippen molar-refractivity contribution >= 4 is 0 Å². The number of aromatic hydroxyl groups is 1. The van der Waals surface area contributed by atoms with Crippen molar-refractivity contribution in [1.29, 1.82) is 0 Å². The second kappa shape index (κ2) is 7.74. The molecule has 0 spiro atoms. The minimum absolute atomic E-state index is 0.0188. The van der Waals surface area contributed by atoms with Crippen molar-refractivity contribution in [3.05, 3.63) is 65.0 Å². The fourth-order valence-electron chi connectivity index (χ4n) is 3.50. The van der Waals surface area contributed by atoms with Crippen LogP contribution in [0.15, 0.2) is 42.5 Å². The fraction of sp³-hybridized carbons (Fsp3) is 0.455. The summed E-state index contributed by atoms with van der Waals surface area (Å²) in [6, 6.07) is 9.80. The van der Waals surface area contributed by atoms with Crippen LogP contribution in [0.5, 0.6) is 5.75 Å². The number of rotatable bonds is 6. The van der Waals surface area contributed by atoms with Crippen molar-refractivity contribution < 1.29 is 27.8 Å². The number of benzene rings is 2. The normalized spacial score (nSPS) is 14.9. The first-order chi connectivity index (χ1) is 12.7. The predicted octanol–water partition coefficient (Wildman–Crippen LogP) is 5.86. The lowest BCUT2D eigenvalue weighted by Gasteiger charge is -2.38. The summed E-state index contributed by atoms with van der Waals surface area (Å²) in [5.41, 5.74) is -3.00. The van der Waals surface area contributed by atoms with Gasteiger partial charge in [-0.2, -0.15) is 13.2 Å². The average Bonchev–Trinajstić information content (AvgIpc) is 2.56. The van der Waals surface area contributed by atoms with Gasteiger partial charge in [-0.05, 0) is 47.1 Å². The Morgan fingerprint density at radius 2 is 1.54 bits per heavy atom. The van der Waals surface area contributed by atoms with Crippen LogP contribution in [-0.2, 0) is 11.8 Å². The molecule has 2 nitrogen and oxygen atoms in total. The average molecular weight is 398 g/mol. The molecule has 0 amide bonds. The molecule has 2 rings (SSSR count). The molecule has 6 heteroatoms. The Kier molecular flexibility index (Phi) is 6.14. The highest BCUT2D eigenvalue weighted by Crippen LogP contribution is 2.45. The first-order valence-corrected chi connectivity index (χ1v) is 9.12. The molecule has 0 saturated carbocycles. The minimum atomic E-state index is -4.90. The predicted molar refractivity (Wildman–Crippen MR) is 101 cm³/mol. The summed E-state index contributed by atoms with van der Waals surface area (Å²) in [6.45, 7) is 6.85. The number of phenolic OH excluding ortho intramolecular Hbond substituents is 1. The van der Waals surface area contributed by atoms with Gasteiger partial charge in [-0.3, -0.25) is 0 Å². The molecule has 2 N–H and O–H groups in total. The molecular weight excluding hydrogens is 372 g/mol. The summed E-state index contributed by atoms with van der Waals surface area (Å²) >= 11 is 0. The van der Waals surface area contributed by atoms with E-state index in [4.69, 9.17) is 0 Å². The van der Waals surface area contributed by atoms with Gasteiger partial charge >= 0.3 is 6.18 Å². The Hall–Kier alpha value is -2.08. The van der Waals surface area contributed by atoms with E-state index in [1.54, 1.807) is 24.3 Å². The van der Waals surface area contributed by atoms with Crippen molar-refractivity contribution in [3.8, 4) is 5.75 Å². The molecule has 0 bridgehead atoms. The van der Waals surface area contributed by atoms with Crippen LogP contribution < -0.4 is 0 Å². The van der Waals surface area contributed by atoms with E-state index in [1.807, 2.05) is 13.8 Å². The van der Waals surface area contributed by atoms with E-state index in [0.29, 0.717) is 5.56 Å². The first kappa shape index (κ1) is 22.2. The Labute approximate surface area is 162 Å². The summed E-state index contributed by atoms with van der Waals surface area (Å²) in [5.74, 6) is -0.733. The van der Waals surface area contributed by atoms with Crippen LogP contribution in [0, 0.1) is 5.82 Å². The number of alkyl halides is 3. The van der Waals surface area contributed by atoms with Gasteiger partial charge in [0.05, 0.1) is 0 Å². The van der Waals surface area contributed by atoms with Crippen LogP contribution in [0.2, 0.25) is 0 Å². The third kappa shape index (κ3) is 4.85. The lowest BCUT2D eigenvalue weighted by molar-refractivity contribution is -0.266. The van der Waals surface area contributed by atoms with Gasteiger partial charge < -0.3 is 10.2 Å². The zero-order chi connectivity index (χ0) is 21.3. The third-order valence-corrected chi connectivity index (χ3v) is 5.09. The number of hydrogen-bond donors (Lipinski definition) is 2. The van der Waals surface area contributed by atoms with Gasteiger partial charge in [-0.1, -0.05) is 52.0 Å². The number of hydrogen-bond acceptors (Lipinski definition) is 2. The maximum Gasteiger partial charge on any atom is 0.417 e. The fourth-order valence-corrected chi connectivity index (χ4v) is 3.50. The molecule has 2 aromatic rings. The van der Waals surface area contributed by atoms with Gasteiger partial charge in [0, 0.05) is 12.0 Å². The van der Waals surface area contributed by atoms with Gasteiger partial charge in [-0.25, -0.2) is 4.39 Å². The Morgan fingerprint density at radius 1 is 0.964 bits per heavy atom. The van der Waals surface area contributed by atoms with Crippen molar-refractivity contribution in [2.75, 3.05) is 0 Å². The standard InChI is InChI=1S/C22H26F4O2/c1-14(2)16-7-5-15(6-8-16)12-21(28,22(24,25)26)13-20(3,4)18-11-17(23)9-10-19(18)27/h5-11,14,27-28H,12-13H2,1-4H3. The molecule has 1 unspecified atom stereocenters. The van der Waals surface area contributed by atoms with Gasteiger partial charge in [0.25, 0.3) is 0 Å². The van der Waals surface area contributed by atoms with Crippen LogP contribution in [0.4, 0.5) is 17.6 Å². The summed E-state index contributed by atoms with van der Waals surface area (Å²) in [4.78, 5) is 0. The second-order valence-corrected chi connectivity index (χ2v) is 8.32. The van der Waals surface area contributed by atoms with E-state index in [0.717, 1.165) is 23.8 Å². The maximum atomic E-state index is 13.8. The van der Waals surface area contributed by atoms with Gasteiger partial charge in [0.1, 0.15) is 11.6 Å². The molecule has 2 aromatic carbocycles. The minimum Gasteiger partial charge on any atom is -0.508 e. The van der Waals surface area contributed by atoms with Crippen molar-refractivity contribution in [2.45, 2.75) is 63.6 Å². The largest absolute Gasteiger partial charge is 0.508 e. The molecule has 0 aliphatic rings. The maximum absolute atomic E-state index is 13.8. The van der Waals surface area contributed by atoms with E-state index < -0.39 is 35.9 Å². The molecule has 0 saturated heterocycles. The summed E-state index contributed by atoms with van der Waals surface area (Å²) in [5, 5.41) is 20.6. The molecule has 0 radical (unpaired) electrons. The molecule has 28 heavy (non-hydrogen) atoms. The highest BCUT2D eigenvalue weighted by atomic mass is 19.4. The number of halogens is 4. The van der Waals surface area contributed by atoms with E-state index in [2.05, 4.69) is 0 Å². The number of phenols is 1. The van der Waals surface area contributed by atoms with E-state index in [9.17, 15) is 27.8 Å². The zero-order valence-corrected chi connectivity index (χ0v) is 16.4. The van der Waals surface area contributed by atoms with Crippen molar-refractivity contribution in [2.24, 2.45) is 0 Å². The molecule has 0 heterocycles. The summed E-state index contributed by atoms with van der Waals surface area (Å²) in [6.07, 6.45) is -6.26. The summed E-state index contributed by atoms with van der Waals surface area (Å²) < 4.78 is 55.1. The van der Waals surface area contributed by atoms with Crippen LogP contribution >= 0.6 is 0 Å². The first-order valence-electron chi connectivity index (χ1n) is 9.12. The van der Waals surface area contributed by atoms with Crippen molar-refractivity contribution in [3.63, 3.8) is 0 Å². The Bertz CT molecular complexity index is 810. The van der Waals surface area contributed by atoms with Crippen molar-refractivity contribution in [1.82, 2.24) is 0 Å². The van der Waals surface area contributed by atoms with E-state index in [-0.39, 0.29) is 17.2 Å².